The molecule has 1 rings (SSSR count). The SMILES string of the molecule is CC(C)(CC(=O)O)NC(=O)COC1CCNCC1. The zero-order valence-electron chi connectivity index (χ0n) is 11.0. The summed E-state index contributed by atoms with van der Waals surface area (Å²) in [5.41, 5.74) is -0.750. The molecule has 0 aromatic heterocycles. The van der Waals surface area contributed by atoms with Gasteiger partial charge in [-0.2, -0.15) is 0 Å². The molecule has 104 valence electrons. The van der Waals surface area contributed by atoms with E-state index in [0.29, 0.717) is 0 Å². The lowest BCUT2D eigenvalue weighted by Gasteiger charge is -2.26. The number of carbonyl (C=O) groups excluding carboxylic acids is 1. The summed E-state index contributed by atoms with van der Waals surface area (Å²) in [4.78, 5) is 22.3. The highest BCUT2D eigenvalue weighted by Gasteiger charge is 2.24. The minimum absolute atomic E-state index is 0.00623. The van der Waals surface area contributed by atoms with Gasteiger partial charge < -0.3 is 20.5 Å². The van der Waals surface area contributed by atoms with E-state index < -0.39 is 11.5 Å². The molecule has 6 nitrogen and oxygen atoms in total. The quantitative estimate of drug-likeness (QED) is 0.630. The maximum Gasteiger partial charge on any atom is 0.305 e. The number of carboxylic acid groups (broad SMARTS) is 1. The predicted octanol–water partition coefficient (Wildman–Crippen LogP) is 0.125. The van der Waals surface area contributed by atoms with Gasteiger partial charge in [0.25, 0.3) is 0 Å². The summed E-state index contributed by atoms with van der Waals surface area (Å²) in [6.07, 6.45) is 1.84. The van der Waals surface area contributed by atoms with E-state index in [1.165, 1.54) is 0 Å². The molecule has 3 N–H and O–H groups in total. The van der Waals surface area contributed by atoms with E-state index in [-0.39, 0.29) is 25.0 Å². The van der Waals surface area contributed by atoms with E-state index in [2.05, 4.69) is 10.6 Å². The largest absolute Gasteiger partial charge is 0.481 e. The van der Waals surface area contributed by atoms with Gasteiger partial charge in [0.2, 0.25) is 5.91 Å². The molecule has 1 aliphatic rings. The molecular weight excluding hydrogens is 236 g/mol. The first-order valence-corrected chi connectivity index (χ1v) is 6.24. The van der Waals surface area contributed by atoms with Crippen molar-refractivity contribution in [3.05, 3.63) is 0 Å². The number of hydrogen-bond acceptors (Lipinski definition) is 4. The summed E-state index contributed by atoms with van der Waals surface area (Å²) in [5, 5.41) is 14.6. The van der Waals surface area contributed by atoms with Crippen LogP contribution in [0.2, 0.25) is 0 Å². The molecule has 1 amide bonds. The molecule has 0 saturated carbocycles. The van der Waals surface area contributed by atoms with Crippen molar-refractivity contribution in [3.63, 3.8) is 0 Å². The fourth-order valence-electron chi connectivity index (χ4n) is 1.99. The maximum atomic E-state index is 11.6. The standard InChI is InChI=1S/C12H22N2O4/c1-12(2,7-11(16)17)14-10(15)8-18-9-3-5-13-6-4-9/h9,13H,3-8H2,1-2H3,(H,14,15)(H,16,17). The van der Waals surface area contributed by atoms with Crippen LogP contribution in [0.15, 0.2) is 0 Å². The van der Waals surface area contributed by atoms with E-state index in [0.717, 1.165) is 25.9 Å². The normalized spacial score (nSPS) is 17.4. The van der Waals surface area contributed by atoms with Crippen molar-refractivity contribution >= 4 is 11.9 Å². The second-order valence-electron chi connectivity index (χ2n) is 5.26. The average Bonchev–Trinajstić information content (AvgIpc) is 2.25. The highest BCUT2D eigenvalue weighted by molar-refractivity contribution is 5.79. The lowest BCUT2D eigenvalue weighted by atomic mass is 10.0. The van der Waals surface area contributed by atoms with E-state index in [9.17, 15) is 9.59 Å². The van der Waals surface area contributed by atoms with Crippen LogP contribution in [0.1, 0.15) is 33.1 Å². The second-order valence-corrected chi connectivity index (χ2v) is 5.26. The Morgan fingerprint density at radius 3 is 2.56 bits per heavy atom. The van der Waals surface area contributed by atoms with Crippen LogP contribution in [0.4, 0.5) is 0 Å². The molecule has 0 bridgehead atoms. The molecular formula is C12H22N2O4. The lowest BCUT2D eigenvalue weighted by Crippen LogP contribution is -2.47. The highest BCUT2D eigenvalue weighted by Crippen LogP contribution is 2.09. The molecule has 1 fully saturated rings. The van der Waals surface area contributed by atoms with Crippen LogP contribution in [0.25, 0.3) is 0 Å². The van der Waals surface area contributed by atoms with Crippen LogP contribution < -0.4 is 10.6 Å². The third-order valence-corrected chi connectivity index (χ3v) is 2.81. The Hall–Kier alpha value is -1.14. The Kier molecular flexibility index (Phi) is 5.55. The first-order chi connectivity index (χ1) is 8.39. The van der Waals surface area contributed by atoms with Crippen molar-refractivity contribution in [2.75, 3.05) is 19.7 Å². The van der Waals surface area contributed by atoms with Gasteiger partial charge in [-0.3, -0.25) is 9.59 Å². The van der Waals surface area contributed by atoms with Crippen LogP contribution in [0.3, 0.4) is 0 Å². The Morgan fingerprint density at radius 1 is 1.39 bits per heavy atom. The summed E-state index contributed by atoms with van der Waals surface area (Å²) >= 11 is 0. The maximum absolute atomic E-state index is 11.6. The monoisotopic (exact) mass is 258 g/mol. The number of nitrogens with one attached hydrogen (secondary N) is 2. The van der Waals surface area contributed by atoms with E-state index >= 15 is 0 Å². The molecule has 0 radical (unpaired) electrons. The third-order valence-electron chi connectivity index (χ3n) is 2.81. The first-order valence-electron chi connectivity index (χ1n) is 6.24. The Balaban J connectivity index is 2.25. The Morgan fingerprint density at radius 2 is 2.00 bits per heavy atom. The summed E-state index contributed by atoms with van der Waals surface area (Å²) in [6, 6.07) is 0. The smallest absolute Gasteiger partial charge is 0.305 e. The Bertz CT molecular complexity index is 298. The molecule has 0 spiro atoms. The van der Waals surface area contributed by atoms with Gasteiger partial charge in [-0.15, -0.1) is 0 Å². The summed E-state index contributed by atoms with van der Waals surface area (Å²) in [6.45, 7) is 5.19. The zero-order chi connectivity index (χ0) is 13.6. The molecule has 0 aromatic rings. The molecule has 1 heterocycles. The topological polar surface area (TPSA) is 87.7 Å². The number of carbonyl (C=O) groups is 2. The summed E-state index contributed by atoms with van der Waals surface area (Å²) < 4.78 is 5.50. The molecule has 1 aliphatic heterocycles. The number of hydrogen-bond donors (Lipinski definition) is 3. The zero-order valence-corrected chi connectivity index (χ0v) is 11.0. The molecule has 0 aliphatic carbocycles. The van der Waals surface area contributed by atoms with Crippen molar-refractivity contribution in [2.45, 2.75) is 44.8 Å². The number of piperidine rings is 1. The fourth-order valence-corrected chi connectivity index (χ4v) is 1.99. The summed E-state index contributed by atoms with van der Waals surface area (Å²) in [5.74, 6) is -1.20. The van der Waals surface area contributed by atoms with Crippen molar-refractivity contribution in [3.8, 4) is 0 Å². The molecule has 0 aromatic carbocycles. The number of amides is 1. The van der Waals surface area contributed by atoms with Crippen LogP contribution in [-0.2, 0) is 14.3 Å². The number of ether oxygens (including phenoxy) is 1. The van der Waals surface area contributed by atoms with Crippen molar-refractivity contribution in [2.24, 2.45) is 0 Å². The lowest BCUT2D eigenvalue weighted by molar-refractivity contribution is -0.139. The highest BCUT2D eigenvalue weighted by atomic mass is 16.5. The van der Waals surface area contributed by atoms with Crippen molar-refractivity contribution in [1.29, 1.82) is 0 Å². The van der Waals surface area contributed by atoms with Gasteiger partial charge in [-0.05, 0) is 39.8 Å². The minimum atomic E-state index is -0.931. The molecule has 0 atom stereocenters. The van der Waals surface area contributed by atoms with Gasteiger partial charge in [0.1, 0.15) is 6.61 Å². The average molecular weight is 258 g/mol. The van der Waals surface area contributed by atoms with Gasteiger partial charge in [0.15, 0.2) is 0 Å². The van der Waals surface area contributed by atoms with Crippen LogP contribution >= 0.6 is 0 Å². The number of carboxylic acids is 1. The van der Waals surface area contributed by atoms with E-state index in [1.54, 1.807) is 13.8 Å². The molecule has 18 heavy (non-hydrogen) atoms. The van der Waals surface area contributed by atoms with Crippen molar-refractivity contribution in [1.82, 2.24) is 10.6 Å². The van der Waals surface area contributed by atoms with E-state index in [1.807, 2.05) is 0 Å². The summed E-state index contributed by atoms with van der Waals surface area (Å²) in [7, 11) is 0. The van der Waals surface area contributed by atoms with Crippen LogP contribution in [-0.4, -0.2) is 48.3 Å². The van der Waals surface area contributed by atoms with Gasteiger partial charge in [-0.1, -0.05) is 0 Å². The minimum Gasteiger partial charge on any atom is -0.481 e. The van der Waals surface area contributed by atoms with Gasteiger partial charge in [0.05, 0.1) is 12.5 Å². The van der Waals surface area contributed by atoms with Crippen LogP contribution in [0, 0.1) is 0 Å². The van der Waals surface area contributed by atoms with Crippen LogP contribution in [0.5, 0.6) is 0 Å². The third kappa shape index (κ3) is 5.97. The number of aliphatic carboxylic acids is 1. The van der Waals surface area contributed by atoms with E-state index in [4.69, 9.17) is 9.84 Å². The first kappa shape index (κ1) is 14.9. The molecule has 6 heteroatoms. The van der Waals surface area contributed by atoms with Gasteiger partial charge >= 0.3 is 5.97 Å². The molecule has 1 saturated heterocycles. The van der Waals surface area contributed by atoms with Gasteiger partial charge in [0, 0.05) is 5.54 Å². The Labute approximate surface area is 107 Å². The second kappa shape index (κ2) is 6.70. The fraction of sp³-hybridized carbons (Fsp3) is 0.833. The van der Waals surface area contributed by atoms with Gasteiger partial charge in [-0.25, -0.2) is 0 Å². The predicted molar refractivity (Wildman–Crippen MR) is 66.3 cm³/mol. The molecule has 0 unspecified atom stereocenters. The van der Waals surface area contributed by atoms with Crippen molar-refractivity contribution < 1.29 is 19.4 Å². The number of rotatable bonds is 6.